The molecule has 0 spiro atoms. The van der Waals surface area contributed by atoms with Crippen molar-refractivity contribution in [3.05, 3.63) is 35.9 Å². The zero-order valence-corrected chi connectivity index (χ0v) is 14.2. The molecule has 0 bridgehead atoms. The highest BCUT2D eigenvalue weighted by Crippen LogP contribution is 2.16. The summed E-state index contributed by atoms with van der Waals surface area (Å²) in [6.07, 6.45) is 9.27. The summed E-state index contributed by atoms with van der Waals surface area (Å²) in [7, 11) is 0. The fourth-order valence-corrected chi connectivity index (χ4v) is 2.67. The molecule has 0 saturated carbocycles. The summed E-state index contributed by atoms with van der Waals surface area (Å²) in [5.74, 6) is -0.0962. The van der Waals surface area contributed by atoms with Crippen LogP contribution in [0.3, 0.4) is 0 Å². The fourth-order valence-electron chi connectivity index (χ4n) is 2.67. The second-order valence-electron chi connectivity index (χ2n) is 5.85. The number of hydrogen-bond acceptors (Lipinski definition) is 2. The van der Waals surface area contributed by atoms with Gasteiger partial charge in [0.15, 0.2) is 0 Å². The average Bonchev–Trinajstić information content (AvgIpc) is 2.49. The Hall–Kier alpha value is -1.06. The number of halogens is 1. The van der Waals surface area contributed by atoms with Crippen LogP contribution in [0.5, 0.6) is 0 Å². The van der Waals surface area contributed by atoms with E-state index in [1.165, 1.54) is 31.2 Å². The van der Waals surface area contributed by atoms with Crippen molar-refractivity contribution in [3.8, 4) is 0 Å². The van der Waals surface area contributed by atoms with Crippen molar-refractivity contribution in [1.82, 2.24) is 0 Å². The summed E-state index contributed by atoms with van der Waals surface area (Å²) in [5, 5.41) is 8.55. The highest BCUT2D eigenvalue weighted by atomic mass is 35.5. The van der Waals surface area contributed by atoms with Gasteiger partial charge < -0.3 is 10.8 Å². The minimum Gasteiger partial charge on any atom is -0.481 e. The Morgan fingerprint density at radius 3 is 2.18 bits per heavy atom. The number of nitrogens with two attached hydrogens (primary N) is 1. The third-order valence-electron chi connectivity index (χ3n) is 3.95. The van der Waals surface area contributed by atoms with Gasteiger partial charge in [0.05, 0.1) is 0 Å². The summed E-state index contributed by atoms with van der Waals surface area (Å²) in [4.78, 5) is 10.4. The van der Waals surface area contributed by atoms with Crippen LogP contribution in [0, 0.1) is 5.92 Å². The predicted molar refractivity (Wildman–Crippen MR) is 94.5 cm³/mol. The van der Waals surface area contributed by atoms with Gasteiger partial charge in [-0.15, -0.1) is 12.4 Å². The van der Waals surface area contributed by atoms with Crippen LogP contribution in [0.25, 0.3) is 0 Å². The maximum atomic E-state index is 10.4. The van der Waals surface area contributed by atoms with Crippen LogP contribution in [0.4, 0.5) is 0 Å². The quantitative estimate of drug-likeness (QED) is 0.558. The van der Waals surface area contributed by atoms with E-state index in [9.17, 15) is 4.79 Å². The Morgan fingerprint density at radius 1 is 1.00 bits per heavy atom. The van der Waals surface area contributed by atoms with Crippen LogP contribution in [-0.4, -0.2) is 17.6 Å². The molecule has 1 atom stereocenters. The number of carboxylic acids is 1. The molecule has 3 N–H and O–H groups in total. The number of carboxylic acid groups (broad SMARTS) is 1. The van der Waals surface area contributed by atoms with Crippen molar-refractivity contribution in [2.45, 2.75) is 57.8 Å². The van der Waals surface area contributed by atoms with Crippen LogP contribution in [0.1, 0.15) is 56.9 Å². The minimum absolute atomic E-state index is 0. The Labute approximate surface area is 140 Å². The molecule has 0 aliphatic heterocycles. The summed E-state index contributed by atoms with van der Waals surface area (Å²) in [6, 6.07) is 10.6. The summed E-state index contributed by atoms with van der Waals surface area (Å²) in [6.45, 7) is 0.757. The first kappa shape index (κ1) is 20.9. The highest BCUT2D eigenvalue weighted by Gasteiger charge is 2.07. The monoisotopic (exact) mass is 327 g/mol. The lowest BCUT2D eigenvalue weighted by atomic mass is 9.93. The molecule has 1 aromatic carbocycles. The second kappa shape index (κ2) is 13.6. The number of unbranched alkanes of at least 4 members (excludes halogenated alkanes) is 5. The molecule has 4 heteroatoms. The van der Waals surface area contributed by atoms with E-state index in [0.717, 1.165) is 32.2 Å². The van der Waals surface area contributed by atoms with Crippen molar-refractivity contribution in [2.24, 2.45) is 11.7 Å². The van der Waals surface area contributed by atoms with Gasteiger partial charge in [0, 0.05) is 6.42 Å². The van der Waals surface area contributed by atoms with E-state index < -0.39 is 5.97 Å². The topological polar surface area (TPSA) is 63.3 Å². The van der Waals surface area contributed by atoms with Crippen LogP contribution in [0.15, 0.2) is 30.3 Å². The molecular weight excluding hydrogens is 298 g/mol. The number of rotatable bonds is 12. The molecule has 0 saturated heterocycles. The largest absolute Gasteiger partial charge is 0.481 e. The van der Waals surface area contributed by atoms with E-state index in [2.05, 4.69) is 24.3 Å². The second-order valence-corrected chi connectivity index (χ2v) is 5.85. The maximum absolute atomic E-state index is 10.4. The van der Waals surface area contributed by atoms with Crippen molar-refractivity contribution in [1.29, 1.82) is 0 Å². The Kier molecular flexibility index (Phi) is 12.9. The number of benzene rings is 1. The SMILES string of the molecule is Cl.NCC(CCCCCCCCC(=O)O)Cc1ccccc1. The molecule has 0 radical (unpaired) electrons. The normalized spacial score (nSPS) is 11.7. The summed E-state index contributed by atoms with van der Waals surface area (Å²) in [5.41, 5.74) is 7.25. The van der Waals surface area contributed by atoms with Gasteiger partial charge in [0.25, 0.3) is 0 Å². The predicted octanol–water partition coefficient (Wildman–Crippen LogP) is 4.43. The molecule has 0 heterocycles. The Balaban J connectivity index is 0.00000441. The van der Waals surface area contributed by atoms with Crippen LogP contribution in [0.2, 0.25) is 0 Å². The van der Waals surface area contributed by atoms with Gasteiger partial charge in [0.2, 0.25) is 0 Å². The Morgan fingerprint density at radius 2 is 1.59 bits per heavy atom. The minimum atomic E-state index is -0.679. The first-order valence-corrected chi connectivity index (χ1v) is 8.18. The molecule has 126 valence electrons. The Bertz CT molecular complexity index is 384. The van der Waals surface area contributed by atoms with Gasteiger partial charge in [-0.25, -0.2) is 0 Å². The lowest BCUT2D eigenvalue weighted by Crippen LogP contribution is -2.16. The fraction of sp³-hybridized carbons (Fsp3) is 0.611. The molecule has 0 aliphatic rings. The first-order valence-electron chi connectivity index (χ1n) is 8.18. The third kappa shape index (κ3) is 10.6. The molecule has 1 rings (SSSR count). The number of aliphatic carboxylic acids is 1. The lowest BCUT2D eigenvalue weighted by molar-refractivity contribution is -0.137. The van der Waals surface area contributed by atoms with E-state index in [0.29, 0.717) is 12.3 Å². The molecule has 22 heavy (non-hydrogen) atoms. The molecule has 0 aromatic heterocycles. The van der Waals surface area contributed by atoms with Gasteiger partial charge in [-0.2, -0.15) is 0 Å². The van der Waals surface area contributed by atoms with E-state index in [-0.39, 0.29) is 12.4 Å². The van der Waals surface area contributed by atoms with Crippen molar-refractivity contribution < 1.29 is 9.90 Å². The molecule has 1 unspecified atom stereocenters. The van der Waals surface area contributed by atoms with Crippen molar-refractivity contribution in [2.75, 3.05) is 6.54 Å². The molecular formula is C18H30ClNO2. The van der Waals surface area contributed by atoms with Crippen molar-refractivity contribution in [3.63, 3.8) is 0 Å². The van der Waals surface area contributed by atoms with Crippen LogP contribution >= 0.6 is 12.4 Å². The van der Waals surface area contributed by atoms with Crippen LogP contribution in [-0.2, 0) is 11.2 Å². The highest BCUT2D eigenvalue weighted by molar-refractivity contribution is 5.85. The van der Waals surface area contributed by atoms with Gasteiger partial charge in [-0.1, -0.05) is 62.4 Å². The van der Waals surface area contributed by atoms with Gasteiger partial charge in [0.1, 0.15) is 0 Å². The molecule has 1 aromatic rings. The molecule has 0 aliphatic carbocycles. The van der Waals surface area contributed by atoms with Gasteiger partial charge in [-0.05, 0) is 37.3 Å². The van der Waals surface area contributed by atoms with Gasteiger partial charge >= 0.3 is 5.97 Å². The third-order valence-corrected chi connectivity index (χ3v) is 3.95. The summed E-state index contributed by atoms with van der Waals surface area (Å²) < 4.78 is 0. The molecule has 3 nitrogen and oxygen atoms in total. The smallest absolute Gasteiger partial charge is 0.303 e. The summed E-state index contributed by atoms with van der Waals surface area (Å²) >= 11 is 0. The number of carbonyl (C=O) groups is 1. The average molecular weight is 328 g/mol. The first-order chi connectivity index (χ1) is 10.2. The van der Waals surface area contributed by atoms with E-state index in [1.807, 2.05) is 6.07 Å². The van der Waals surface area contributed by atoms with E-state index >= 15 is 0 Å². The zero-order chi connectivity index (χ0) is 15.3. The molecule has 0 fully saturated rings. The van der Waals surface area contributed by atoms with Gasteiger partial charge in [-0.3, -0.25) is 4.79 Å². The number of hydrogen-bond donors (Lipinski definition) is 2. The van der Waals surface area contributed by atoms with E-state index in [1.54, 1.807) is 0 Å². The van der Waals surface area contributed by atoms with E-state index in [4.69, 9.17) is 10.8 Å². The zero-order valence-electron chi connectivity index (χ0n) is 13.4. The lowest BCUT2D eigenvalue weighted by Gasteiger charge is -2.14. The maximum Gasteiger partial charge on any atom is 0.303 e. The van der Waals surface area contributed by atoms with Crippen LogP contribution < -0.4 is 5.73 Å². The van der Waals surface area contributed by atoms with Crippen molar-refractivity contribution >= 4 is 18.4 Å². The standard InChI is InChI=1S/C18H29NO2.ClH/c19-15-17(14-16-10-7-5-8-11-16)12-6-3-1-2-4-9-13-18(20)21;/h5,7-8,10-11,17H,1-4,6,9,12-15,19H2,(H,20,21);1H. The molecule has 0 amide bonds.